The lowest BCUT2D eigenvalue weighted by atomic mass is 10.1. The first-order chi connectivity index (χ1) is 8.65. The quantitative estimate of drug-likeness (QED) is 0.828. The molecule has 0 spiro atoms. The highest BCUT2D eigenvalue weighted by Crippen LogP contribution is 2.34. The molecule has 0 unspecified atom stereocenters. The zero-order valence-corrected chi connectivity index (χ0v) is 10.7. The van der Waals surface area contributed by atoms with E-state index in [9.17, 15) is 0 Å². The minimum Gasteiger partial charge on any atom is -0.384 e. The summed E-state index contributed by atoms with van der Waals surface area (Å²) in [5, 5.41) is 2.75. The summed E-state index contributed by atoms with van der Waals surface area (Å²) in [7, 11) is 0. The maximum atomic E-state index is 6.16. The molecule has 0 saturated carbocycles. The molecule has 4 nitrogen and oxygen atoms in total. The van der Waals surface area contributed by atoms with E-state index < -0.39 is 0 Å². The first-order valence-electron chi connectivity index (χ1n) is 6.02. The third-order valence-corrected chi connectivity index (χ3v) is 3.63. The molecule has 0 bridgehead atoms. The van der Waals surface area contributed by atoms with Crippen molar-refractivity contribution in [3.05, 3.63) is 29.4 Å². The van der Waals surface area contributed by atoms with Gasteiger partial charge >= 0.3 is 0 Å². The summed E-state index contributed by atoms with van der Waals surface area (Å²) in [4.78, 5) is 6.29. The van der Waals surface area contributed by atoms with Crippen LogP contribution in [0.1, 0.15) is 12.8 Å². The molecular formula is C13H15ClN4. The molecule has 2 aromatic rings. The molecule has 0 radical (unpaired) electrons. The number of rotatable bonds is 1. The van der Waals surface area contributed by atoms with Gasteiger partial charge in [-0.05, 0) is 31.0 Å². The molecule has 5 heteroatoms. The van der Waals surface area contributed by atoms with Gasteiger partial charge in [0.05, 0.1) is 6.17 Å². The third-order valence-electron chi connectivity index (χ3n) is 3.41. The van der Waals surface area contributed by atoms with Gasteiger partial charge in [-0.3, -0.25) is 0 Å². The molecule has 4 N–H and O–H groups in total. The second-order valence-electron chi connectivity index (χ2n) is 4.66. The van der Waals surface area contributed by atoms with Gasteiger partial charge in [-0.15, -0.1) is 0 Å². The van der Waals surface area contributed by atoms with E-state index in [1.807, 2.05) is 18.2 Å². The van der Waals surface area contributed by atoms with Crippen molar-refractivity contribution >= 4 is 33.9 Å². The Morgan fingerprint density at radius 2 is 2.17 bits per heavy atom. The number of fused-ring (bicyclic) bond motifs is 1. The number of nitrogen functional groups attached to an aromatic ring is 1. The summed E-state index contributed by atoms with van der Waals surface area (Å²) >= 11 is 6.16. The van der Waals surface area contributed by atoms with Crippen LogP contribution in [0.25, 0.3) is 10.8 Å². The van der Waals surface area contributed by atoms with Crippen molar-refractivity contribution in [2.45, 2.75) is 19.0 Å². The predicted molar refractivity (Wildman–Crippen MR) is 75.7 cm³/mol. The number of benzene rings is 1. The Bertz CT molecular complexity index is 599. The molecule has 1 aliphatic rings. The molecule has 18 heavy (non-hydrogen) atoms. The van der Waals surface area contributed by atoms with E-state index in [1.54, 1.807) is 6.20 Å². The Balaban J connectivity index is 2.23. The monoisotopic (exact) mass is 262 g/mol. The molecule has 1 aromatic heterocycles. The Morgan fingerprint density at radius 3 is 2.89 bits per heavy atom. The lowest BCUT2D eigenvalue weighted by molar-refractivity contribution is 0.702. The summed E-state index contributed by atoms with van der Waals surface area (Å²) in [5.41, 5.74) is 12.9. The highest BCUT2D eigenvalue weighted by molar-refractivity contribution is 6.32. The van der Waals surface area contributed by atoms with E-state index >= 15 is 0 Å². The molecule has 0 amide bonds. The van der Waals surface area contributed by atoms with Crippen LogP contribution in [0.2, 0.25) is 5.02 Å². The van der Waals surface area contributed by atoms with Crippen molar-refractivity contribution in [2.75, 3.05) is 17.2 Å². The van der Waals surface area contributed by atoms with E-state index in [0.29, 0.717) is 10.8 Å². The Labute approximate surface area is 111 Å². The van der Waals surface area contributed by atoms with Gasteiger partial charge in [0.2, 0.25) is 0 Å². The highest BCUT2D eigenvalue weighted by Gasteiger charge is 2.23. The van der Waals surface area contributed by atoms with Gasteiger partial charge in [0.25, 0.3) is 0 Å². The van der Waals surface area contributed by atoms with Gasteiger partial charge in [-0.1, -0.05) is 11.6 Å². The largest absolute Gasteiger partial charge is 0.384 e. The molecule has 2 heterocycles. The lowest BCUT2D eigenvalue weighted by Crippen LogP contribution is -2.36. The van der Waals surface area contributed by atoms with E-state index in [0.717, 1.165) is 35.8 Å². The van der Waals surface area contributed by atoms with Crippen LogP contribution in [0, 0.1) is 0 Å². The zero-order valence-electron chi connectivity index (χ0n) is 9.94. The highest BCUT2D eigenvalue weighted by atomic mass is 35.5. The zero-order chi connectivity index (χ0) is 12.7. The van der Waals surface area contributed by atoms with Gasteiger partial charge in [0.1, 0.15) is 5.82 Å². The van der Waals surface area contributed by atoms with Gasteiger partial charge in [0.15, 0.2) is 0 Å². The molecular weight excluding hydrogens is 248 g/mol. The first kappa shape index (κ1) is 11.6. The van der Waals surface area contributed by atoms with Gasteiger partial charge in [-0.2, -0.15) is 0 Å². The number of halogens is 1. The van der Waals surface area contributed by atoms with Crippen molar-refractivity contribution in [2.24, 2.45) is 5.73 Å². The lowest BCUT2D eigenvalue weighted by Gasteiger charge is -2.25. The van der Waals surface area contributed by atoms with Crippen LogP contribution in [-0.2, 0) is 0 Å². The summed E-state index contributed by atoms with van der Waals surface area (Å²) in [6.07, 6.45) is 3.92. The SMILES string of the molecule is Nc1cc2c(N3CCC[C@@H]3N)cc(Cl)cc2cn1. The van der Waals surface area contributed by atoms with E-state index in [1.165, 1.54) is 0 Å². The number of nitrogens with zero attached hydrogens (tertiary/aromatic N) is 2. The Morgan fingerprint density at radius 1 is 1.33 bits per heavy atom. The molecule has 1 aromatic carbocycles. The number of anilines is 2. The van der Waals surface area contributed by atoms with Gasteiger partial charge in [-0.25, -0.2) is 4.98 Å². The predicted octanol–water partition coefficient (Wildman–Crippen LogP) is 2.36. The number of pyridine rings is 1. The topological polar surface area (TPSA) is 68.2 Å². The average molecular weight is 263 g/mol. The molecule has 1 atom stereocenters. The summed E-state index contributed by atoms with van der Waals surface area (Å²) in [5.74, 6) is 0.513. The molecule has 3 rings (SSSR count). The normalized spacial score (nSPS) is 19.7. The molecule has 1 fully saturated rings. The van der Waals surface area contributed by atoms with Crippen molar-refractivity contribution in [1.82, 2.24) is 4.98 Å². The second kappa shape index (κ2) is 4.30. The first-order valence-corrected chi connectivity index (χ1v) is 6.40. The van der Waals surface area contributed by atoms with Crippen LogP contribution in [-0.4, -0.2) is 17.7 Å². The smallest absolute Gasteiger partial charge is 0.123 e. The Hall–Kier alpha value is -1.52. The number of hydrogen-bond acceptors (Lipinski definition) is 4. The van der Waals surface area contributed by atoms with Crippen molar-refractivity contribution < 1.29 is 0 Å². The van der Waals surface area contributed by atoms with E-state index in [4.69, 9.17) is 23.1 Å². The summed E-state index contributed by atoms with van der Waals surface area (Å²) in [6.45, 7) is 0.957. The van der Waals surface area contributed by atoms with Crippen LogP contribution in [0.4, 0.5) is 11.5 Å². The number of nitrogens with two attached hydrogens (primary N) is 2. The maximum absolute atomic E-state index is 6.16. The number of aromatic nitrogens is 1. The third kappa shape index (κ3) is 1.87. The van der Waals surface area contributed by atoms with Crippen molar-refractivity contribution in [3.63, 3.8) is 0 Å². The fraction of sp³-hybridized carbons (Fsp3) is 0.308. The maximum Gasteiger partial charge on any atom is 0.123 e. The van der Waals surface area contributed by atoms with E-state index in [2.05, 4.69) is 9.88 Å². The minimum atomic E-state index is 0.0565. The van der Waals surface area contributed by atoms with Gasteiger partial charge in [0, 0.05) is 34.2 Å². The van der Waals surface area contributed by atoms with Crippen molar-refractivity contribution in [3.8, 4) is 0 Å². The van der Waals surface area contributed by atoms with Crippen LogP contribution in [0.3, 0.4) is 0 Å². The van der Waals surface area contributed by atoms with Crippen LogP contribution in [0.15, 0.2) is 24.4 Å². The average Bonchev–Trinajstić information content (AvgIpc) is 2.75. The molecule has 1 saturated heterocycles. The fourth-order valence-corrected chi connectivity index (χ4v) is 2.77. The molecule has 94 valence electrons. The van der Waals surface area contributed by atoms with Crippen LogP contribution >= 0.6 is 11.6 Å². The molecule has 0 aliphatic carbocycles. The summed E-state index contributed by atoms with van der Waals surface area (Å²) < 4.78 is 0. The minimum absolute atomic E-state index is 0.0565. The van der Waals surface area contributed by atoms with Crippen molar-refractivity contribution in [1.29, 1.82) is 0 Å². The van der Waals surface area contributed by atoms with Gasteiger partial charge < -0.3 is 16.4 Å². The second-order valence-corrected chi connectivity index (χ2v) is 5.09. The standard InChI is InChI=1S/C13H15ClN4/c14-9-4-8-7-17-12(15)6-10(8)11(5-9)18-3-1-2-13(18)16/h4-7,13H,1-3,16H2,(H2,15,17)/t13-/m1/s1. The van der Waals surface area contributed by atoms with Crippen LogP contribution < -0.4 is 16.4 Å². The Kier molecular flexibility index (Phi) is 2.76. The van der Waals surface area contributed by atoms with E-state index in [-0.39, 0.29) is 6.17 Å². The summed E-state index contributed by atoms with van der Waals surface area (Å²) in [6, 6.07) is 5.73. The fourth-order valence-electron chi connectivity index (χ4n) is 2.55. The number of hydrogen-bond donors (Lipinski definition) is 2. The molecule has 1 aliphatic heterocycles. The van der Waals surface area contributed by atoms with Crippen LogP contribution in [0.5, 0.6) is 0 Å².